The Morgan fingerprint density at radius 3 is 3.04 bits per heavy atom. The number of ether oxygens (including phenoxy) is 1. The number of aliphatic hydroxyl groups is 2. The Balaban J connectivity index is 1.99. The van der Waals surface area contributed by atoms with Crippen LogP contribution < -0.4 is 10.1 Å². The van der Waals surface area contributed by atoms with Gasteiger partial charge in [0.05, 0.1) is 32.2 Å². The van der Waals surface area contributed by atoms with Crippen LogP contribution in [0.3, 0.4) is 0 Å². The van der Waals surface area contributed by atoms with E-state index in [2.05, 4.69) is 26.9 Å². The maximum absolute atomic E-state index is 12.5. The summed E-state index contributed by atoms with van der Waals surface area (Å²) < 4.78 is 5.16. The van der Waals surface area contributed by atoms with Gasteiger partial charge in [-0.2, -0.15) is 0 Å². The molecule has 0 radical (unpaired) electrons. The molecule has 0 saturated heterocycles. The molecule has 3 N–H and O–H groups in total. The molecule has 0 saturated carbocycles. The van der Waals surface area contributed by atoms with Gasteiger partial charge in [0.25, 0.3) is 5.91 Å². The first kappa shape index (κ1) is 21.3. The second-order valence-corrected chi connectivity index (χ2v) is 6.01. The summed E-state index contributed by atoms with van der Waals surface area (Å²) in [4.78, 5) is 26.8. The standard InChI is InChI=1S/C19H25N5O4/c1-4-13(7-20-5-2)9-24-10-17(22-12-24)23-19(27)14-6-16(28-3)18(21-8-14)15(26)11-25/h4-8,12,15,17,25-26H,1,9-11H2,2-3H3,(H,23,27)/b13-7+,20-5-. The summed E-state index contributed by atoms with van der Waals surface area (Å²) in [6.07, 6.45) is 6.57. The summed E-state index contributed by atoms with van der Waals surface area (Å²) >= 11 is 0. The van der Waals surface area contributed by atoms with E-state index in [0.29, 0.717) is 13.1 Å². The zero-order valence-electron chi connectivity index (χ0n) is 15.9. The lowest BCUT2D eigenvalue weighted by atomic mass is 10.1. The van der Waals surface area contributed by atoms with Crippen molar-refractivity contribution in [2.45, 2.75) is 19.2 Å². The zero-order valence-corrected chi connectivity index (χ0v) is 15.9. The van der Waals surface area contributed by atoms with E-state index in [1.807, 2.05) is 11.8 Å². The van der Waals surface area contributed by atoms with Crippen molar-refractivity contribution in [1.82, 2.24) is 15.2 Å². The number of aliphatic hydroxyl groups excluding tert-OH is 2. The largest absolute Gasteiger partial charge is 0.495 e. The van der Waals surface area contributed by atoms with Gasteiger partial charge in [-0.05, 0) is 18.6 Å². The van der Waals surface area contributed by atoms with E-state index in [9.17, 15) is 9.90 Å². The third-order valence-electron chi connectivity index (χ3n) is 4.00. The predicted octanol–water partition coefficient (Wildman–Crippen LogP) is 0.676. The number of nitrogens with one attached hydrogen (secondary N) is 1. The average molecular weight is 387 g/mol. The van der Waals surface area contributed by atoms with Crippen molar-refractivity contribution in [3.8, 4) is 5.75 Å². The highest BCUT2D eigenvalue weighted by Crippen LogP contribution is 2.23. The van der Waals surface area contributed by atoms with Gasteiger partial charge in [0.15, 0.2) is 0 Å². The number of pyridine rings is 1. The van der Waals surface area contributed by atoms with Crippen LogP contribution in [0.15, 0.2) is 46.7 Å². The zero-order chi connectivity index (χ0) is 20.5. The first-order valence-corrected chi connectivity index (χ1v) is 8.72. The molecule has 9 heteroatoms. The minimum Gasteiger partial charge on any atom is -0.495 e. The molecule has 0 spiro atoms. The highest BCUT2D eigenvalue weighted by molar-refractivity contribution is 5.94. The quantitative estimate of drug-likeness (QED) is 0.423. The topological polar surface area (TPSA) is 120 Å². The van der Waals surface area contributed by atoms with Crippen LogP contribution in [0.5, 0.6) is 5.75 Å². The van der Waals surface area contributed by atoms with E-state index < -0.39 is 18.9 Å². The smallest absolute Gasteiger partial charge is 0.254 e. The minimum atomic E-state index is -1.18. The van der Waals surface area contributed by atoms with Crippen LogP contribution in [-0.2, 0) is 0 Å². The molecule has 1 aliphatic rings. The van der Waals surface area contributed by atoms with E-state index in [1.54, 1.807) is 24.8 Å². The van der Waals surface area contributed by atoms with Gasteiger partial charge in [-0.3, -0.25) is 14.8 Å². The van der Waals surface area contributed by atoms with Crippen LogP contribution in [-0.4, -0.2) is 71.5 Å². The van der Waals surface area contributed by atoms with Crippen molar-refractivity contribution in [3.05, 3.63) is 47.9 Å². The van der Waals surface area contributed by atoms with Gasteiger partial charge in [-0.15, -0.1) is 0 Å². The first-order valence-electron chi connectivity index (χ1n) is 8.72. The molecule has 0 bridgehead atoms. The Morgan fingerprint density at radius 1 is 1.61 bits per heavy atom. The molecule has 28 heavy (non-hydrogen) atoms. The molecule has 150 valence electrons. The Bertz CT molecular complexity index is 791. The normalized spacial score (nSPS) is 17.8. The Hall–Kier alpha value is -3.04. The van der Waals surface area contributed by atoms with E-state index in [1.165, 1.54) is 19.4 Å². The molecule has 1 aromatic rings. The molecule has 2 atom stereocenters. The maximum Gasteiger partial charge on any atom is 0.254 e. The van der Waals surface area contributed by atoms with Crippen molar-refractivity contribution in [2.75, 3.05) is 26.8 Å². The third-order valence-corrected chi connectivity index (χ3v) is 4.00. The highest BCUT2D eigenvalue weighted by Gasteiger charge is 2.22. The molecule has 0 aromatic carbocycles. The molecule has 1 aromatic heterocycles. The number of carbonyl (C=O) groups excluding carboxylic acids is 1. The number of rotatable bonds is 9. The molecule has 1 amide bonds. The van der Waals surface area contributed by atoms with E-state index in [4.69, 9.17) is 9.84 Å². The summed E-state index contributed by atoms with van der Waals surface area (Å²) in [5.41, 5.74) is 1.37. The predicted molar refractivity (Wildman–Crippen MR) is 107 cm³/mol. The molecule has 2 rings (SSSR count). The van der Waals surface area contributed by atoms with E-state index in [-0.39, 0.29) is 22.9 Å². The van der Waals surface area contributed by atoms with Gasteiger partial charge in [-0.25, -0.2) is 4.99 Å². The van der Waals surface area contributed by atoms with Gasteiger partial charge < -0.3 is 25.2 Å². The molecule has 2 heterocycles. The Labute approximate surface area is 163 Å². The van der Waals surface area contributed by atoms with Crippen molar-refractivity contribution < 1.29 is 19.7 Å². The molecule has 9 nitrogen and oxygen atoms in total. The highest BCUT2D eigenvalue weighted by atomic mass is 16.5. The number of nitrogens with zero attached hydrogens (tertiary/aromatic N) is 4. The molecule has 2 unspecified atom stereocenters. The third kappa shape index (κ3) is 5.48. The summed E-state index contributed by atoms with van der Waals surface area (Å²) in [5.74, 6) is -0.141. The molecule has 0 aliphatic carbocycles. The van der Waals surface area contributed by atoms with E-state index in [0.717, 1.165) is 5.57 Å². The molecule has 1 aliphatic heterocycles. The average Bonchev–Trinajstić information content (AvgIpc) is 3.16. The van der Waals surface area contributed by atoms with Crippen LogP contribution >= 0.6 is 0 Å². The van der Waals surface area contributed by atoms with Gasteiger partial charge in [0, 0.05) is 25.2 Å². The van der Waals surface area contributed by atoms with Crippen LogP contribution in [0.25, 0.3) is 0 Å². The summed E-state index contributed by atoms with van der Waals surface area (Å²) in [6, 6.07) is 1.47. The summed E-state index contributed by atoms with van der Waals surface area (Å²) in [6.45, 7) is 6.21. The minimum absolute atomic E-state index is 0.171. The van der Waals surface area contributed by atoms with Crippen LogP contribution in [0.2, 0.25) is 0 Å². The van der Waals surface area contributed by atoms with Gasteiger partial charge in [-0.1, -0.05) is 12.7 Å². The van der Waals surface area contributed by atoms with Crippen molar-refractivity contribution in [1.29, 1.82) is 0 Å². The number of carbonyl (C=O) groups is 1. The van der Waals surface area contributed by atoms with Gasteiger partial charge >= 0.3 is 0 Å². The summed E-state index contributed by atoms with van der Waals surface area (Å²) in [7, 11) is 1.40. The monoisotopic (exact) mass is 387 g/mol. The summed E-state index contributed by atoms with van der Waals surface area (Å²) in [5, 5.41) is 21.6. The van der Waals surface area contributed by atoms with Crippen LogP contribution in [0.1, 0.15) is 29.1 Å². The van der Waals surface area contributed by atoms with Gasteiger partial charge in [0.2, 0.25) is 0 Å². The van der Waals surface area contributed by atoms with Crippen LogP contribution in [0, 0.1) is 0 Å². The van der Waals surface area contributed by atoms with Crippen molar-refractivity contribution in [2.24, 2.45) is 9.98 Å². The molecular formula is C19H25N5O4. The Morgan fingerprint density at radius 2 is 2.39 bits per heavy atom. The number of hydrogen-bond donors (Lipinski definition) is 3. The number of amides is 1. The number of aromatic nitrogens is 1. The van der Waals surface area contributed by atoms with Gasteiger partial charge in [0.1, 0.15) is 23.7 Å². The lowest BCUT2D eigenvalue weighted by molar-refractivity contribution is 0.0891. The number of aliphatic imine (C=N–C) groups is 2. The van der Waals surface area contributed by atoms with Crippen molar-refractivity contribution in [3.63, 3.8) is 0 Å². The SMILES string of the molecule is C=C/C(=C\N=C/C)CN1C=NC(NC(=O)c2cnc(C(O)CO)c(OC)c2)C1. The lowest BCUT2D eigenvalue weighted by Crippen LogP contribution is -2.38. The lowest BCUT2D eigenvalue weighted by Gasteiger charge is -2.17. The second kappa shape index (κ2) is 10.3. The first-order chi connectivity index (χ1) is 13.5. The number of methoxy groups -OCH3 is 1. The maximum atomic E-state index is 12.5. The Kier molecular flexibility index (Phi) is 7.85. The van der Waals surface area contributed by atoms with Crippen molar-refractivity contribution >= 4 is 18.5 Å². The van der Waals surface area contributed by atoms with E-state index >= 15 is 0 Å². The number of hydrogen-bond acceptors (Lipinski definition) is 8. The fourth-order valence-corrected chi connectivity index (χ4v) is 2.56. The fraction of sp³-hybridized carbons (Fsp3) is 0.368. The molecular weight excluding hydrogens is 362 g/mol. The fourth-order valence-electron chi connectivity index (χ4n) is 2.56. The molecule has 0 fully saturated rings. The van der Waals surface area contributed by atoms with Crippen LogP contribution in [0.4, 0.5) is 0 Å². The second-order valence-electron chi connectivity index (χ2n) is 6.01.